The summed E-state index contributed by atoms with van der Waals surface area (Å²) in [6.07, 6.45) is 2.92. The van der Waals surface area contributed by atoms with Gasteiger partial charge in [-0.3, -0.25) is 4.79 Å². The Morgan fingerprint density at radius 3 is 2.71 bits per heavy atom. The Kier molecular flexibility index (Phi) is 4.26. The maximum Gasteiger partial charge on any atom is 0.252 e. The molecule has 3 nitrogen and oxygen atoms in total. The lowest BCUT2D eigenvalue weighted by Crippen LogP contribution is -2.40. The summed E-state index contributed by atoms with van der Waals surface area (Å²) in [6, 6.07) is 0. The average molecular weight is 217 g/mol. The van der Waals surface area contributed by atoms with E-state index in [1.54, 1.807) is 11.8 Å². The third-order valence-corrected chi connectivity index (χ3v) is 4.09. The van der Waals surface area contributed by atoms with Crippen LogP contribution in [0.5, 0.6) is 0 Å². The molecule has 1 N–H and O–H groups in total. The number of rotatable bonds is 4. The van der Waals surface area contributed by atoms with E-state index in [4.69, 9.17) is 0 Å². The fraction of sp³-hybridized carbons (Fsp3) is 0.900. The van der Waals surface area contributed by atoms with E-state index in [1.807, 2.05) is 11.2 Å². The van der Waals surface area contributed by atoms with Gasteiger partial charge in [-0.05, 0) is 18.6 Å². The molecule has 0 aromatic rings. The van der Waals surface area contributed by atoms with Crippen molar-refractivity contribution in [3.05, 3.63) is 0 Å². The van der Waals surface area contributed by atoms with Gasteiger partial charge in [0.05, 0.1) is 5.37 Å². The van der Waals surface area contributed by atoms with Gasteiger partial charge >= 0.3 is 0 Å². The van der Waals surface area contributed by atoms with Gasteiger partial charge in [0.2, 0.25) is 0 Å². The number of hydrogen-bond donors (Lipinski definition) is 1. The van der Waals surface area contributed by atoms with Crippen LogP contribution in [0.25, 0.3) is 0 Å². The topological polar surface area (TPSA) is 40.5 Å². The summed E-state index contributed by atoms with van der Waals surface area (Å²) in [6.45, 7) is 4.99. The third kappa shape index (κ3) is 2.23. The zero-order chi connectivity index (χ0) is 10.7. The number of thioether (sulfide) groups is 1. The van der Waals surface area contributed by atoms with Crippen LogP contribution in [0.4, 0.5) is 0 Å². The van der Waals surface area contributed by atoms with E-state index < -0.39 is 6.10 Å². The number of nitrogens with zero attached hydrogens (tertiary/aromatic N) is 1. The zero-order valence-corrected chi connectivity index (χ0v) is 9.88. The Hall–Kier alpha value is -0.220. The quantitative estimate of drug-likeness (QED) is 0.772. The van der Waals surface area contributed by atoms with Crippen molar-refractivity contribution in [2.24, 2.45) is 5.92 Å². The highest BCUT2D eigenvalue weighted by molar-refractivity contribution is 7.99. The van der Waals surface area contributed by atoms with Gasteiger partial charge in [0, 0.05) is 6.54 Å². The van der Waals surface area contributed by atoms with Gasteiger partial charge in [-0.25, -0.2) is 0 Å². The van der Waals surface area contributed by atoms with E-state index >= 15 is 0 Å². The highest BCUT2D eigenvalue weighted by Crippen LogP contribution is 2.27. The van der Waals surface area contributed by atoms with Gasteiger partial charge in [0.1, 0.15) is 6.10 Å². The predicted octanol–water partition coefficient (Wildman–Crippen LogP) is 1.31. The number of carbonyl (C=O) groups excluding carboxylic acids is 1. The second-order valence-corrected chi connectivity index (χ2v) is 4.80. The van der Waals surface area contributed by atoms with Crippen molar-refractivity contribution >= 4 is 17.7 Å². The van der Waals surface area contributed by atoms with Crippen LogP contribution in [-0.2, 0) is 4.79 Å². The lowest BCUT2D eigenvalue weighted by atomic mass is 10.1. The fourth-order valence-electron chi connectivity index (χ4n) is 1.81. The first-order chi connectivity index (χ1) is 6.61. The molecule has 1 heterocycles. The maximum atomic E-state index is 11.6. The van der Waals surface area contributed by atoms with Gasteiger partial charge in [0.15, 0.2) is 0 Å². The van der Waals surface area contributed by atoms with E-state index in [1.165, 1.54) is 0 Å². The van der Waals surface area contributed by atoms with Crippen molar-refractivity contribution in [3.8, 4) is 0 Å². The molecule has 1 aliphatic heterocycles. The van der Waals surface area contributed by atoms with Crippen LogP contribution < -0.4 is 0 Å². The minimum atomic E-state index is -0.756. The van der Waals surface area contributed by atoms with Crippen LogP contribution in [0.3, 0.4) is 0 Å². The number of hydrogen-bond acceptors (Lipinski definition) is 3. The molecule has 1 aliphatic rings. The number of amides is 1. The van der Waals surface area contributed by atoms with Crippen LogP contribution >= 0.6 is 11.8 Å². The van der Waals surface area contributed by atoms with Gasteiger partial charge < -0.3 is 10.0 Å². The molecule has 1 saturated heterocycles. The lowest BCUT2D eigenvalue weighted by molar-refractivity contribution is -0.135. The van der Waals surface area contributed by atoms with Gasteiger partial charge in [-0.2, -0.15) is 0 Å². The molecule has 14 heavy (non-hydrogen) atoms. The second kappa shape index (κ2) is 5.03. The van der Waals surface area contributed by atoms with Crippen LogP contribution in [0.15, 0.2) is 0 Å². The van der Waals surface area contributed by atoms with Crippen molar-refractivity contribution in [3.63, 3.8) is 0 Å². The second-order valence-electron chi connectivity index (χ2n) is 3.85. The van der Waals surface area contributed by atoms with E-state index in [2.05, 4.69) is 13.8 Å². The van der Waals surface area contributed by atoms with Crippen molar-refractivity contribution in [1.82, 2.24) is 4.90 Å². The largest absolute Gasteiger partial charge is 0.383 e. The van der Waals surface area contributed by atoms with E-state index in [-0.39, 0.29) is 11.3 Å². The van der Waals surface area contributed by atoms with E-state index in [0.717, 1.165) is 6.42 Å². The molecule has 0 bridgehead atoms. The minimum Gasteiger partial charge on any atom is -0.383 e. The first-order valence-electron chi connectivity index (χ1n) is 5.13. The third-order valence-electron chi connectivity index (χ3n) is 2.89. The summed E-state index contributed by atoms with van der Waals surface area (Å²) in [7, 11) is 0. The molecule has 0 aromatic carbocycles. The number of aliphatic hydroxyl groups is 1. The van der Waals surface area contributed by atoms with Gasteiger partial charge in [-0.1, -0.05) is 20.3 Å². The normalized spacial score (nSPS) is 26.7. The summed E-state index contributed by atoms with van der Waals surface area (Å²) in [5, 5.41) is 9.59. The summed E-state index contributed by atoms with van der Waals surface area (Å²) in [5.74, 6) is 0.393. The molecule has 82 valence electrons. The molecule has 0 saturated carbocycles. The molecule has 3 atom stereocenters. The summed E-state index contributed by atoms with van der Waals surface area (Å²) in [5.41, 5.74) is 0. The SMILES string of the molecule is CCC(C)C(SC)N1CCC(O)C1=O. The van der Waals surface area contributed by atoms with Crippen LogP contribution in [0.1, 0.15) is 26.7 Å². The Bertz CT molecular complexity index is 210. The zero-order valence-electron chi connectivity index (χ0n) is 9.06. The standard InChI is InChI=1S/C10H19NO2S/c1-4-7(2)10(14-3)11-6-5-8(12)9(11)13/h7-8,10,12H,4-6H2,1-3H3. The van der Waals surface area contributed by atoms with Gasteiger partial charge in [0.25, 0.3) is 5.91 Å². The first kappa shape index (κ1) is 11.9. The molecule has 1 fully saturated rings. The molecule has 3 unspecified atom stereocenters. The lowest BCUT2D eigenvalue weighted by Gasteiger charge is -2.30. The molecule has 1 amide bonds. The monoisotopic (exact) mass is 217 g/mol. The predicted molar refractivity (Wildman–Crippen MR) is 59.1 cm³/mol. The Morgan fingerprint density at radius 1 is 1.71 bits per heavy atom. The van der Waals surface area contributed by atoms with Crippen molar-refractivity contribution in [2.75, 3.05) is 12.8 Å². The summed E-state index contributed by atoms with van der Waals surface area (Å²) < 4.78 is 0. The highest BCUT2D eigenvalue weighted by Gasteiger charge is 2.35. The smallest absolute Gasteiger partial charge is 0.252 e. The molecule has 4 heteroatoms. The van der Waals surface area contributed by atoms with Crippen molar-refractivity contribution in [1.29, 1.82) is 0 Å². The van der Waals surface area contributed by atoms with Crippen LogP contribution in [0, 0.1) is 5.92 Å². The molecule has 1 rings (SSSR count). The summed E-state index contributed by atoms with van der Waals surface area (Å²) >= 11 is 1.70. The molecule has 0 aromatic heterocycles. The maximum absolute atomic E-state index is 11.6. The number of carbonyl (C=O) groups is 1. The highest BCUT2D eigenvalue weighted by atomic mass is 32.2. The fourth-order valence-corrected chi connectivity index (χ4v) is 2.93. The van der Waals surface area contributed by atoms with Crippen molar-refractivity contribution < 1.29 is 9.90 Å². The van der Waals surface area contributed by atoms with Crippen LogP contribution in [0.2, 0.25) is 0 Å². The molecular formula is C10H19NO2S. The minimum absolute atomic E-state index is 0.0929. The van der Waals surface area contributed by atoms with Crippen molar-refractivity contribution in [2.45, 2.75) is 38.2 Å². The Balaban J connectivity index is 2.66. The Labute approximate surface area is 89.9 Å². The molecule has 0 spiro atoms. The molecular weight excluding hydrogens is 198 g/mol. The number of likely N-dealkylation sites (tertiary alicyclic amines) is 1. The average Bonchev–Trinajstić information content (AvgIpc) is 2.50. The number of aliphatic hydroxyl groups excluding tert-OH is 1. The van der Waals surface area contributed by atoms with E-state index in [9.17, 15) is 9.90 Å². The first-order valence-corrected chi connectivity index (χ1v) is 6.42. The Morgan fingerprint density at radius 2 is 2.36 bits per heavy atom. The molecule has 0 aliphatic carbocycles. The summed E-state index contributed by atoms with van der Waals surface area (Å²) in [4.78, 5) is 13.4. The van der Waals surface area contributed by atoms with Crippen LogP contribution in [-0.4, -0.2) is 40.2 Å². The molecule has 0 radical (unpaired) electrons. The van der Waals surface area contributed by atoms with E-state index in [0.29, 0.717) is 18.9 Å². The van der Waals surface area contributed by atoms with Gasteiger partial charge in [-0.15, -0.1) is 11.8 Å².